The molecule has 5 nitrogen and oxygen atoms in total. The molecule has 0 saturated carbocycles. The van der Waals surface area contributed by atoms with Crippen molar-refractivity contribution < 1.29 is 24.2 Å². The number of unbranched alkanes of at least 4 members (excludes halogenated alkanes) is 1. The van der Waals surface area contributed by atoms with Crippen LogP contribution in [0.5, 0.6) is 0 Å². The molecule has 1 N–H and O–H groups in total. The van der Waals surface area contributed by atoms with Crippen molar-refractivity contribution >= 4 is 11.9 Å². The predicted molar refractivity (Wildman–Crippen MR) is 62.0 cm³/mol. The molecular formula is C12H20O5. The average molecular weight is 244 g/mol. The lowest BCUT2D eigenvalue weighted by atomic mass is 10.2. The second-order valence-corrected chi connectivity index (χ2v) is 3.70. The van der Waals surface area contributed by atoms with Gasteiger partial charge >= 0.3 is 11.9 Å². The van der Waals surface area contributed by atoms with E-state index in [-0.39, 0.29) is 24.6 Å². The van der Waals surface area contributed by atoms with E-state index in [0.717, 1.165) is 0 Å². The van der Waals surface area contributed by atoms with Crippen LogP contribution in [0.3, 0.4) is 0 Å². The number of aliphatic hydroxyl groups excluding tert-OH is 1. The summed E-state index contributed by atoms with van der Waals surface area (Å²) < 4.78 is 9.68. The molecule has 5 heteroatoms. The largest absolute Gasteiger partial charge is 0.462 e. The molecule has 0 bridgehead atoms. The molecule has 0 aliphatic heterocycles. The molecule has 17 heavy (non-hydrogen) atoms. The fourth-order valence-electron chi connectivity index (χ4n) is 1.10. The van der Waals surface area contributed by atoms with Crippen LogP contribution in [-0.2, 0) is 19.1 Å². The minimum Gasteiger partial charge on any atom is -0.462 e. The zero-order valence-electron chi connectivity index (χ0n) is 10.3. The Morgan fingerprint density at radius 2 is 2.06 bits per heavy atom. The molecule has 98 valence electrons. The molecule has 1 atom stereocenters. The first-order valence-electron chi connectivity index (χ1n) is 5.68. The first-order chi connectivity index (χ1) is 8.06. The highest BCUT2D eigenvalue weighted by Gasteiger charge is 2.07. The van der Waals surface area contributed by atoms with Crippen molar-refractivity contribution in [1.29, 1.82) is 0 Å². The Bertz CT molecular complexity index is 260. The van der Waals surface area contributed by atoms with Crippen LogP contribution in [0.25, 0.3) is 0 Å². The number of rotatable bonds is 8. The minimum absolute atomic E-state index is 0.0912. The second-order valence-electron chi connectivity index (χ2n) is 3.70. The van der Waals surface area contributed by atoms with Gasteiger partial charge in [0.05, 0.1) is 6.26 Å². The second kappa shape index (κ2) is 9.84. The van der Waals surface area contributed by atoms with Gasteiger partial charge in [0, 0.05) is 26.4 Å². The molecule has 0 spiro atoms. The van der Waals surface area contributed by atoms with Gasteiger partial charge in [-0.25, -0.2) is 0 Å². The van der Waals surface area contributed by atoms with Crippen molar-refractivity contribution in [2.24, 2.45) is 0 Å². The van der Waals surface area contributed by atoms with Gasteiger partial charge in [0.25, 0.3) is 0 Å². The number of carbonyl (C=O) groups excluding carboxylic acids is 2. The number of hydrogen-bond donors (Lipinski definition) is 1. The molecule has 0 rings (SSSR count). The first kappa shape index (κ1) is 15.6. The van der Waals surface area contributed by atoms with E-state index < -0.39 is 0 Å². The van der Waals surface area contributed by atoms with Gasteiger partial charge in [-0.3, -0.25) is 9.59 Å². The van der Waals surface area contributed by atoms with Crippen LogP contribution in [0.1, 0.15) is 39.5 Å². The van der Waals surface area contributed by atoms with Crippen LogP contribution >= 0.6 is 0 Å². The molecule has 0 aromatic carbocycles. The number of aliphatic hydroxyl groups is 1. The quantitative estimate of drug-likeness (QED) is 0.398. The molecule has 0 heterocycles. The Morgan fingerprint density at radius 1 is 1.35 bits per heavy atom. The topological polar surface area (TPSA) is 72.8 Å². The van der Waals surface area contributed by atoms with Gasteiger partial charge in [0.2, 0.25) is 0 Å². The molecule has 0 saturated heterocycles. The van der Waals surface area contributed by atoms with Gasteiger partial charge < -0.3 is 14.6 Å². The number of esters is 2. The third kappa shape index (κ3) is 10.9. The summed E-state index contributed by atoms with van der Waals surface area (Å²) in [7, 11) is 0. The molecule has 0 amide bonds. The Balaban J connectivity index is 3.63. The monoisotopic (exact) mass is 244 g/mol. The van der Waals surface area contributed by atoms with Crippen LogP contribution in [-0.4, -0.2) is 29.8 Å². The van der Waals surface area contributed by atoms with Crippen LogP contribution in [0, 0.1) is 0 Å². The van der Waals surface area contributed by atoms with Gasteiger partial charge in [-0.1, -0.05) is 0 Å². The van der Waals surface area contributed by atoms with Gasteiger partial charge in [0.15, 0.2) is 0 Å². The minimum atomic E-state index is -0.380. The summed E-state index contributed by atoms with van der Waals surface area (Å²) in [4.78, 5) is 21.7. The number of hydrogen-bond acceptors (Lipinski definition) is 5. The lowest BCUT2D eigenvalue weighted by Crippen LogP contribution is -2.14. The third-order valence-electron chi connectivity index (χ3n) is 1.92. The number of ether oxygens (including phenoxy) is 2. The van der Waals surface area contributed by atoms with Crippen molar-refractivity contribution in [3.8, 4) is 0 Å². The lowest BCUT2D eigenvalue weighted by Gasteiger charge is -2.10. The van der Waals surface area contributed by atoms with Crippen LogP contribution in [0.4, 0.5) is 0 Å². The zero-order chi connectivity index (χ0) is 13.1. The first-order valence-corrected chi connectivity index (χ1v) is 5.68. The molecule has 1 unspecified atom stereocenters. The van der Waals surface area contributed by atoms with E-state index in [9.17, 15) is 9.59 Å². The average Bonchev–Trinajstić information content (AvgIpc) is 2.24. The molecule has 0 radical (unpaired) electrons. The molecule has 0 aromatic rings. The van der Waals surface area contributed by atoms with E-state index in [1.165, 1.54) is 13.2 Å². The highest BCUT2D eigenvalue weighted by Crippen LogP contribution is 2.04. The molecule has 0 aliphatic carbocycles. The summed E-state index contributed by atoms with van der Waals surface area (Å²) >= 11 is 0. The summed E-state index contributed by atoms with van der Waals surface area (Å²) in [5, 5.41) is 8.55. The maximum atomic E-state index is 11.3. The van der Waals surface area contributed by atoms with E-state index in [0.29, 0.717) is 25.7 Å². The number of carbonyl (C=O) groups is 2. The van der Waals surface area contributed by atoms with E-state index in [1.807, 2.05) is 0 Å². The van der Waals surface area contributed by atoms with Gasteiger partial charge in [-0.05, 0) is 25.8 Å². The van der Waals surface area contributed by atoms with Crippen LogP contribution < -0.4 is 0 Å². The van der Waals surface area contributed by atoms with E-state index in [1.54, 1.807) is 13.0 Å². The maximum absolute atomic E-state index is 11.3. The molecular weight excluding hydrogens is 224 g/mol. The van der Waals surface area contributed by atoms with E-state index in [2.05, 4.69) is 4.74 Å². The summed E-state index contributed by atoms with van der Waals surface area (Å²) in [6, 6.07) is 0. The SMILES string of the molecule is CC(=O)O/C=C/CC(C)OC(=O)CCCCO. The maximum Gasteiger partial charge on any atom is 0.307 e. The van der Waals surface area contributed by atoms with Crippen molar-refractivity contribution in [2.45, 2.75) is 45.6 Å². The highest BCUT2D eigenvalue weighted by molar-refractivity contribution is 5.69. The van der Waals surface area contributed by atoms with Crippen molar-refractivity contribution in [3.63, 3.8) is 0 Å². The zero-order valence-corrected chi connectivity index (χ0v) is 10.3. The summed E-state index contributed by atoms with van der Waals surface area (Å²) in [5.41, 5.74) is 0. The fourth-order valence-corrected chi connectivity index (χ4v) is 1.10. The third-order valence-corrected chi connectivity index (χ3v) is 1.92. The highest BCUT2D eigenvalue weighted by atomic mass is 16.5. The van der Waals surface area contributed by atoms with Crippen molar-refractivity contribution in [1.82, 2.24) is 0 Å². The Hall–Kier alpha value is -1.36. The van der Waals surface area contributed by atoms with E-state index in [4.69, 9.17) is 9.84 Å². The molecule has 0 fully saturated rings. The van der Waals surface area contributed by atoms with Crippen LogP contribution in [0.2, 0.25) is 0 Å². The Morgan fingerprint density at radius 3 is 2.65 bits per heavy atom. The molecule has 0 aromatic heterocycles. The Kier molecular flexibility index (Phi) is 9.05. The van der Waals surface area contributed by atoms with E-state index >= 15 is 0 Å². The van der Waals surface area contributed by atoms with Crippen LogP contribution in [0.15, 0.2) is 12.3 Å². The van der Waals surface area contributed by atoms with Crippen molar-refractivity contribution in [2.75, 3.05) is 6.61 Å². The normalized spacial score (nSPS) is 12.4. The summed E-state index contributed by atoms with van der Waals surface area (Å²) in [6.07, 6.45) is 4.73. The van der Waals surface area contributed by atoms with Gasteiger partial charge in [0.1, 0.15) is 6.10 Å². The predicted octanol–water partition coefficient (Wildman–Crippen LogP) is 1.55. The standard InChI is InChI=1S/C12H20O5/c1-10(6-5-9-16-11(2)14)17-12(15)7-3-4-8-13/h5,9-10,13H,3-4,6-8H2,1-2H3/b9-5+. The molecule has 0 aliphatic rings. The van der Waals surface area contributed by atoms with Crippen molar-refractivity contribution in [3.05, 3.63) is 12.3 Å². The van der Waals surface area contributed by atoms with Gasteiger partial charge in [-0.15, -0.1) is 0 Å². The summed E-state index contributed by atoms with van der Waals surface area (Å²) in [5.74, 6) is -0.651. The summed E-state index contributed by atoms with van der Waals surface area (Å²) in [6.45, 7) is 3.17. The smallest absolute Gasteiger partial charge is 0.307 e. The Labute approximate surface area is 101 Å². The van der Waals surface area contributed by atoms with Gasteiger partial charge in [-0.2, -0.15) is 0 Å². The lowest BCUT2D eigenvalue weighted by molar-refractivity contribution is -0.148. The fraction of sp³-hybridized carbons (Fsp3) is 0.667.